The van der Waals surface area contributed by atoms with E-state index in [0.717, 1.165) is 18.3 Å². The highest BCUT2D eigenvalue weighted by Gasteiger charge is 1.99. The minimum Gasteiger partial charge on any atom is -0.272 e. The summed E-state index contributed by atoms with van der Waals surface area (Å²) in [4.78, 5) is 9.56. The molecule has 0 aliphatic rings. The highest BCUT2D eigenvalue weighted by molar-refractivity contribution is 5.44. The zero-order valence-electron chi connectivity index (χ0n) is 8.25. The first-order valence-electron chi connectivity index (χ1n) is 4.42. The molecule has 0 N–H and O–H groups in total. The summed E-state index contributed by atoms with van der Waals surface area (Å²) in [5.74, 6) is 0.516. The molecule has 0 bridgehead atoms. The molecule has 5 heteroatoms. The molecule has 0 amide bonds. The van der Waals surface area contributed by atoms with E-state index in [2.05, 4.69) is 18.9 Å². The molecule has 14 heavy (non-hydrogen) atoms. The van der Waals surface area contributed by atoms with Gasteiger partial charge in [0, 0.05) is 24.4 Å². The topological polar surface area (TPSA) is 61.0 Å². The van der Waals surface area contributed by atoms with Crippen molar-refractivity contribution in [3.63, 3.8) is 0 Å². The van der Waals surface area contributed by atoms with E-state index in [1.165, 1.54) is 6.08 Å². The van der Waals surface area contributed by atoms with E-state index < -0.39 is 4.92 Å². The first-order valence-corrected chi connectivity index (χ1v) is 4.42. The fraction of sp³-hybridized carbons (Fsp3) is 0.444. The zero-order chi connectivity index (χ0) is 10.6. The third kappa shape index (κ3) is 3.38. The summed E-state index contributed by atoms with van der Waals surface area (Å²) in [5, 5.41) is 14.1. The van der Waals surface area contributed by atoms with Gasteiger partial charge in [-0.1, -0.05) is 13.8 Å². The van der Waals surface area contributed by atoms with Crippen molar-refractivity contribution in [1.82, 2.24) is 9.78 Å². The third-order valence-corrected chi connectivity index (χ3v) is 1.59. The SMILES string of the molecule is CC(C)Cn1cc(/C=C/[N+](=O)[O-])cn1. The summed E-state index contributed by atoms with van der Waals surface area (Å²) in [6.45, 7) is 5.01. The molecular weight excluding hydrogens is 182 g/mol. The van der Waals surface area contributed by atoms with Crippen molar-refractivity contribution in [2.75, 3.05) is 0 Å². The van der Waals surface area contributed by atoms with Gasteiger partial charge in [0.25, 0.3) is 0 Å². The maximum Gasteiger partial charge on any atom is 0.235 e. The van der Waals surface area contributed by atoms with Gasteiger partial charge in [0.2, 0.25) is 6.20 Å². The monoisotopic (exact) mass is 195 g/mol. The Hall–Kier alpha value is -1.65. The van der Waals surface area contributed by atoms with Crippen molar-refractivity contribution in [2.45, 2.75) is 20.4 Å². The predicted molar refractivity (Wildman–Crippen MR) is 53.1 cm³/mol. The molecule has 0 saturated carbocycles. The van der Waals surface area contributed by atoms with Gasteiger partial charge in [-0.05, 0) is 5.92 Å². The van der Waals surface area contributed by atoms with Gasteiger partial charge in [-0.25, -0.2) is 0 Å². The minimum absolute atomic E-state index is 0.486. The highest BCUT2D eigenvalue weighted by atomic mass is 16.6. The fourth-order valence-corrected chi connectivity index (χ4v) is 1.09. The van der Waals surface area contributed by atoms with Gasteiger partial charge in [-0.15, -0.1) is 0 Å². The highest BCUT2D eigenvalue weighted by Crippen LogP contribution is 2.03. The molecule has 0 aromatic carbocycles. The molecule has 0 spiro atoms. The first-order chi connectivity index (χ1) is 6.58. The lowest BCUT2D eigenvalue weighted by atomic mass is 10.2. The lowest BCUT2D eigenvalue weighted by Crippen LogP contribution is -2.03. The zero-order valence-corrected chi connectivity index (χ0v) is 8.25. The van der Waals surface area contributed by atoms with Crippen LogP contribution in [0, 0.1) is 16.0 Å². The standard InChI is InChI=1S/C9H13N3O2/c1-8(2)6-11-7-9(5-10-11)3-4-12(13)14/h3-5,7-8H,6H2,1-2H3/b4-3+. The van der Waals surface area contributed by atoms with Crippen LogP contribution < -0.4 is 0 Å². The lowest BCUT2D eigenvalue weighted by Gasteiger charge is -2.02. The Morgan fingerprint density at radius 3 is 3.00 bits per heavy atom. The quantitative estimate of drug-likeness (QED) is 0.543. The minimum atomic E-state index is -0.486. The van der Waals surface area contributed by atoms with Crippen molar-refractivity contribution < 1.29 is 4.92 Å². The number of rotatable bonds is 4. The smallest absolute Gasteiger partial charge is 0.235 e. The van der Waals surface area contributed by atoms with Crippen LogP contribution in [0.4, 0.5) is 0 Å². The van der Waals surface area contributed by atoms with Gasteiger partial charge in [0.1, 0.15) is 0 Å². The van der Waals surface area contributed by atoms with Crippen molar-refractivity contribution in [3.05, 3.63) is 34.3 Å². The molecule has 0 fully saturated rings. The van der Waals surface area contributed by atoms with Crippen LogP contribution >= 0.6 is 0 Å². The molecule has 0 atom stereocenters. The predicted octanol–water partition coefficient (Wildman–Crippen LogP) is 1.79. The van der Waals surface area contributed by atoms with E-state index in [1.54, 1.807) is 17.1 Å². The summed E-state index contributed by atoms with van der Waals surface area (Å²) in [6, 6.07) is 0. The molecule has 1 rings (SSSR count). The van der Waals surface area contributed by atoms with E-state index in [1.807, 2.05) is 0 Å². The number of nitrogens with zero attached hydrogens (tertiary/aromatic N) is 3. The molecule has 76 valence electrons. The van der Waals surface area contributed by atoms with Crippen molar-refractivity contribution in [1.29, 1.82) is 0 Å². The van der Waals surface area contributed by atoms with Crippen LogP contribution in [-0.4, -0.2) is 14.7 Å². The van der Waals surface area contributed by atoms with Gasteiger partial charge < -0.3 is 0 Å². The van der Waals surface area contributed by atoms with E-state index in [-0.39, 0.29) is 0 Å². The molecule has 5 nitrogen and oxygen atoms in total. The van der Waals surface area contributed by atoms with Gasteiger partial charge in [0.05, 0.1) is 11.1 Å². The Balaban J connectivity index is 2.63. The molecule has 0 aliphatic carbocycles. The van der Waals surface area contributed by atoms with Crippen molar-refractivity contribution >= 4 is 6.08 Å². The molecule has 1 heterocycles. The van der Waals surface area contributed by atoms with E-state index in [4.69, 9.17) is 0 Å². The summed E-state index contributed by atoms with van der Waals surface area (Å²) in [5.41, 5.74) is 0.752. The maximum atomic E-state index is 10.0. The summed E-state index contributed by atoms with van der Waals surface area (Å²) in [6.07, 6.45) is 5.75. The number of hydrogen-bond acceptors (Lipinski definition) is 3. The molecule has 1 aromatic rings. The first kappa shape index (κ1) is 10.4. The molecule has 1 aromatic heterocycles. The van der Waals surface area contributed by atoms with Crippen LogP contribution in [0.25, 0.3) is 6.08 Å². The second-order valence-corrected chi connectivity index (χ2v) is 3.49. The van der Waals surface area contributed by atoms with Crippen LogP contribution in [0.2, 0.25) is 0 Å². The van der Waals surface area contributed by atoms with E-state index >= 15 is 0 Å². The number of hydrogen-bond donors (Lipinski definition) is 0. The normalized spacial score (nSPS) is 11.4. The van der Waals surface area contributed by atoms with Gasteiger partial charge in [-0.3, -0.25) is 14.8 Å². The molecule has 0 aliphatic heterocycles. The summed E-state index contributed by atoms with van der Waals surface area (Å²) < 4.78 is 1.78. The molecule has 0 radical (unpaired) electrons. The van der Waals surface area contributed by atoms with Crippen LogP contribution in [-0.2, 0) is 6.54 Å². The number of aromatic nitrogens is 2. The molecular formula is C9H13N3O2. The second kappa shape index (κ2) is 4.55. The van der Waals surface area contributed by atoms with Crippen LogP contribution in [0.1, 0.15) is 19.4 Å². The maximum absolute atomic E-state index is 10.0. The summed E-state index contributed by atoms with van der Waals surface area (Å²) in [7, 11) is 0. The van der Waals surface area contributed by atoms with Gasteiger partial charge in [-0.2, -0.15) is 5.10 Å². The van der Waals surface area contributed by atoms with Crippen LogP contribution in [0.3, 0.4) is 0 Å². The average Bonchev–Trinajstić information content (AvgIpc) is 2.47. The molecule has 0 saturated heterocycles. The largest absolute Gasteiger partial charge is 0.272 e. The fourth-order valence-electron chi connectivity index (χ4n) is 1.09. The van der Waals surface area contributed by atoms with Crippen molar-refractivity contribution in [3.8, 4) is 0 Å². The Labute approximate surface area is 82.2 Å². The Morgan fingerprint density at radius 2 is 2.43 bits per heavy atom. The average molecular weight is 195 g/mol. The van der Waals surface area contributed by atoms with E-state index in [9.17, 15) is 10.1 Å². The second-order valence-electron chi connectivity index (χ2n) is 3.49. The van der Waals surface area contributed by atoms with E-state index in [0.29, 0.717) is 5.92 Å². The Bertz CT molecular complexity index is 342. The number of nitro groups is 1. The van der Waals surface area contributed by atoms with Crippen LogP contribution in [0.5, 0.6) is 0 Å². The van der Waals surface area contributed by atoms with Crippen molar-refractivity contribution in [2.24, 2.45) is 5.92 Å². The Kier molecular flexibility index (Phi) is 3.39. The summed E-state index contributed by atoms with van der Waals surface area (Å²) >= 11 is 0. The van der Waals surface area contributed by atoms with Crippen LogP contribution in [0.15, 0.2) is 18.6 Å². The van der Waals surface area contributed by atoms with Gasteiger partial charge in [0.15, 0.2) is 0 Å². The Morgan fingerprint density at radius 1 is 1.71 bits per heavy atom. The van der Waals surface area contributed by atoms with Gasteiger partial charge >= 0.3 is 0 Å². The third-order valence-electron chi connectivity index (χ3n) is 1.59. The molecule has 0 unspecified atom stereocenters. The lowest BCUT2D eigenvalue weighted by molar-refractivity contribution is -0.400.